The zero-order valence-corrected chi connectivity index (χ0v) is 10.2. The normalized spacial score (nSPS) is 18.8. The predicted octanol–water partition coefficient (Wildman–Crippen LogP) is 2.48. The quantitative estimate of drug-likeness (QED) is 0.847. The SMILES string of the molecule is COc1ccc(CNCC2CCC=CO2)cc1. The van der Waals surface area contributed by atoms with Crippen LogP contribution >= 0.6 is 0 Å². The van der Waals surface area contributed by atoms with Crippen LogP contribution in [-0.2, 0) is 11.3 Å². The number of benzene rings is 1. The Labute approximate surface area is 102 Å². The molecule has 3 nitrogen and oxygen atoms in total. The molecule has 92 valence electrons. The van der Waals surface area contributed by atoms with E-state index in [1.54, 1.807) is 7.11 Å². The molecule has 1 heterocycles. The maximum absolute atomic E-state index is 5.49. The number of hydrogen-bond acceptors (Lipinski definition) is 3. The molecule has 0 aromatic heterocycles. The van der Waals surface area contributed by atoms with Gasteiger partial charge in [-0.2, -0.15) is 0 Å². The van der Waals surface area contributed by atoms with Gasteiger partial charge >= 0.3 is 0 Å². The molecule has 0 saturated carbocycles. The molecule has 0 amide bonds. The Morgan fingerprint density at radius 3 is 2.82 bits per heavy atom. The number of rotatable bonds is 5. The molecule has 0 radical (unpaired) electrons. The zero-order valence-electron chi connectivity index (χ0n) is 10.2. The first-order chi connectivity index (χ1) is 8.38. The maximum atomic E-state index is 5.49. The Balaban J connectivity index is 1.72. The third kappa shape index (κ3) is 3.79. The van der Waals surface area contributed by atoms with Crippen molar-refractivity contribution in [3.63, 3.8) is 0 Å². The molecule has 3 heteroatoms. The highest BCUT2D eigenvalue weighted by molar-refractivity contribution is 5.26. The molecule has 1 N–H and O–H groups in total. The van der Waals surface area contributed by atoms with Crippen LogP contribution in [0.1, 0.15) is 18.4 Å². The first-order valence-corrected chi connectivity index (χ1v) is 6.02. The van der Waals surface area contributed by atoms with Gasteiger partial charge < -0.3 is 14.8 Å². The van der Waals surface area contributed by atoms with E-state index in [2.05, 4.69) is 23.5 Å². The number of ether oxygens (including phenoxy) is 2. The van der Waals surface area contributed by atoms with Gasteiger partial charge in [-0.15, -0.1) is 0 Å². The minimum atomic E-state index is 0.318. The summed E-state index contributed by atoms with van der Waals surface area (Å²) in [5.41, 5.74) is 1.26. The summed E-state index contributed by atoms with van der Waals surface area (Å²) < 4.78 is 10.6. The molecule has 1 aromatic rings. The van der Waals surface area contributed by atoms with Gasteiger partial charge in [0.05, 0.1) is 13.4 Å². The Morgan fingerprint density at radius 2 is 2.18 bits per heavy atom. The summed E-state index contributed by atoms with van der Waals surface area (Å²) in [4.78, 5) is 0. The minimum Gasteiger partial charge on any atom is -0.497 e. The van der Waals surface area contributed by atoms with Crippen molar-refractivity contribution in [2.24, 2.45) is 0 Å². The molecule has 2 rings (SSSR count). The van der Waals surface area contributed by atoms with Gasteiger partial charge in [-0.25, -0.2) is 0 Å². The fraction of sp³-hybridized carbons (Fsp3) is 0.429. The van der Waals surface area contributed by atoms with Gasteiger partial charge in [0.15, 0.2) is 0 Å². The van der Waals surface area contributed by atoms with Crippen molar-refractivity contribution in [2.45, 2.75) is 25.5 Å². The van der Waals surface area contributed by atoms with Crippen LogP contribution in [0.15, 0.2) is 36.6 Å². The van der Waals surface area contributed by atoms with Crippen LogP contribution in [0.25, 0.3) is 0 Å². The number of methoxy groups -OCH3 is 1. The van der Waals surface area contributed by atoms with E-state index in [0.29, 0.717) is 6.10 Å². The van der Waals surface area contributed by atoms with Crippen molar-refractivity contribution in [3.05, 3.63) is 42.2 Å². The molecule has 1 unspecified atom stereocenters. The van der Waals surface area contributed by atoms with E-state index in [-0.39, 0.29) is 0 Å². The highest BCUT2D eigenvalue weighted by Gasteiger charge is 2.09. The van der Waals surface area contributed by atoms with Gasteiger partial charge in [0.25, 0.3) is 0 Å². The predicted molar refractivity (Wildman–Crippen MR) is 67.9 cm³/mol. The van der Waals surface area contributed by atoms with E-state index < -0.39 is 0 Å². The molecule has 0 bridgehead atoms. The third-order valence-corrected chi connectivity index (χ3v) is 2.88. The molecule has 0 saturated heterocycles. The molecular weight excluding hydrogens is 214 g/mol. The van der Waals surface area contributed by atoms with Crippen LogP contribution in [0.2, 0.25) is 0 Å². The van der Waals surface area contributed by atoms with Crippen LogP contribution in [-0.4, -0.2) is 19.8 Å². The van der Waals surface area contributed by atoms with E-state index in [0.717, 1.165) is 31.7 Å². The molecule has 0 spiro atoms. The van der Waals surface area contributed by atoms with Gasteiger partial charge in [-0.05, 0) is 36.6 Å². The number of hydrogen-bond donors (Lipinski definition) is 1. The Bertz CT molecular complexity index is 359. The molecule has 1 atom stereocenters. The second kappa shape index (κ2) is 6.30. The Morgan fingerprint density at radius 1 is 1.35 bits per heavy atom. The lowest BCUT2D eigenvalue weighted by Crippen LogP contribution is -2.28. The van der Waals surface area contributed by atoms with E-state index in [9.17, 15) is 0 Å². The van der Waals surface area contributed by atoms with Crippen LogP contribution in [0.5, 0.6) is 5.75 Å². The summed E-state index contributed by atoms with van der Waals surface area (Å²) in [6.45, 7) is 1.77. The largest absolute Gasteiger partial charge is 0.497 e. The third-order valence-electron chi connectivity index (χ3n) is 2.88. The maximum Gasteiger partial charge on any atom is 0.118 e. The smallest absolute Gasteiger partial charge is 0.118 e. The number of nitrogens with one attached hydrogen (secondary N) is 1. The van der Waals surface area contributed by atoms with E-state index in [1.165, 1.54) is 5.56 Å². The Kier molecular flexibility index (Phi) is 4.45. The number of allylic oxidation sites excluding steroid dienone is 1. The average molecular weight is 233 g/mol. The molecule has 17 heavy (non-hydrogen) atoms. The van der Waals surface area contributed by atoms with Crippen LogP contribution in [0.3, 0.4) is 0 Å². The van der Waals surface area contributed by atoms with Gasteiger partial charge in [0.1, 0.15) is 11.9 Å². The molecular formula is C14H19NO2. The van der Waals surface area contributed by atoms with Gasteiger partial charge in [-0.1, -0.05) is 12.1 Å². The van der Waals surface area contributed by atoms with Crippen LogP contribution in [0, 0.1) is 0 Å². The van der Waals surface area contributed by atoms with Crippen LogP contribution in [0.4, 0.5) is 0 Å². The lowest BCUT2D eigenvalue weighted by Gasteiger charge is -2.19. The van der Waals surface area contributed by atoms with Crippen molar-refractivity contribution in [2.75, 3.05) is 13.7 Å². The monoisotopic (exact) mass is 233 g/mol. The van der Waals surface area contributed by atoms with Gasteiger partial charge in [0, 0.05) is 13.1 Å². The summed E-state index contributed by atoms with van der Waals surface area (Å²) in [7, 11) is 1.68. The summed E-state index contributed by atoms with van der Waals surface area (Å²) in [5, 5.41) is 3.41. The minimum absolute atomic E-state index is 0.318. The van der Waals surface area contributed by atoms with Crippen molar-refractivity contribution in [3.8, 4) is 5.75 Å². The molecule has 1 aliphatic heterocycles. The lowest BCUT2D eigenvalue weighted by atomic mass is 10.1. The second-order valence-corrected chi connectivity index (χ2v) is 4.19. The highest BCUT2D eigenvalue weighted by Crippen LogP contribution is 2.12. The van der Waals surface area contributed by atoms with Gasteiger partial charge in [0.2, 0.25) is 0 Å². The van der Waals surface area contributed by atoms with E-state index in [1.807, 2.05) is 18.4 Å². The summed E-state index contributed by atoms with van der Waals surface area (Å²) in [5.74, 6) is 0.898. The van der Waals surface area contributed by atoms with Crippen molar-refractivity contribution < 1.29 is 9.47 Å². The van der Waals surface area contributed by atoms with E-state index >= 15 is 0 Å². The summed E-state index contributed by atoms with van der Waals surface area (Å²) in [6.07, 6.45) is 6.42. The first-order valence-electron chi connectivity index (χ1n) is 6.02. The molecule has 0 fully saturated rings. The Hall–Kier alpha value is -1.48. The van der Waals surface area contributed by atoms with Gasteiger partial charge in [-0.3, -0.25) is 0 Å². The van der Waals surface area contributed by atoms with Crippen molar-refractivity contribution in [1.82, 2.24) is 5.32 Å². The molecule has 1 aromatic carbocycles. The fourth-order valence-electron chi connectivity index (χ4n) is 1.86. The molecule has 0 aliphatic carbocycles. The second-order valence-electron chi connectivity index (χ2n) is 4.19. The molecule has 1 aliphatic rings. The first kappa shape index (κ1) is 12.0. The topological polar surface area (TPSA) is 30.5 Å². The van der Waals surface area contributed by atoms with E-state index in [4.69, 9.17) is 9.47 Å². The fourth-order valence-corrected chi connectivity index (χ4v) is 1.86. The summed E-state index contributed by atoms with van der Waals surface area (Å²) in [6, 6.07) is 8.12. The standard InChI is InChI=1S/C14H19NO2/c1-16-13-7-5-12(6-8-13)10-15-11-14-4-2-3-9-17-14/h3,5-9,14-15H,2,4,10-11H2,1H3. The zero-order chi connectivity index (χ0) is 11.9. The summed E-state index contributed by atoms with van der Waals surface area (Å²) >= 11 is 0. The van der Waals surface area contributed by atoms with Crippen molar-refractivity contribution in [1.29, 1.82) is 0 Å². The highest BCUT2D eigenvalue weighted by atomic mass is 16.5. The van der Waals surface area contributed by atoms with Crippen LogP contribution < -0.4 is 10.1 Å². The lowest BCUT2D eigenvalue weighted by molar-refractivity contribution is 0.122. The average Bonchev–Trinajstić information content (AvgIpc) is 2.41. The van der Waals surface area contributed by atoms with Crippen molar-refractivity contribution >= 4 is 0 Å².